The van der Waals surface area contributed by atoms with Crippen molar-refractivity contribution in [1.82, 2.24) is 9.38 Å². The van der Waals surface area contributed by atoms with E-state index in [1.807, 2.05) is 11.4 Å². The molecule has 168 valence electrons. The number of hydrogen-bond donors (Lipinski definition) is 1. The molecule has 1 N–H and O–H groups in total. The molecule has 0 aliphatic carbocycles. The average molecular weight is 511 g/mol. The molecule has 0 aliphatic rings. The van der Waals surface area contributed by atoms with E-state index in [9.17, 15) is 23.1 Å². The van der Waals surface area contributed by atoms with E-state index in [0.29, 0.717) is 15.0 Å². The Bertz CT molecular complexity index is 1580. The van der Waals surface area contributed by atoms with Crippen LogP contribution in [0.25, 0.3) is 26.9 Å². The van der Waals surface area contributed by atoms with E-state index in [0.717, 1.165) is 22.2 Å². The summed E-state index contributed by atoms with van der Waals surface area (Å²) in [5.41, 5.74) is -0.231. The molecule has 5 aromatic rings. The molecule has 4 heterocycles. The first-order chi connectivity index (χ1) is 15.7. The number of pyridine rings is 1. The first kappa shape index (κ1) is 21.7. The number of hydrogen-bond acceptors (Lipinski definition) is 6. The van der Waals surface area contributed by atoms with E-state index in [4.69, 9.17) is 11.6 Å². The number of benzene rings is 1. The average Bonchev–Trinajstić information content (AvgIpc) is 3.38. The zero-order valence-electron chi connectivity index (χ0n) is 16.3. The predicted molar refractivity (Wildman–Crippen MR) is 119 cm³/mol. The second-order valence-corrected chi connectivity index (χ2v) is 9.60. The second-order valence-electron chi connectivity index (χ2n) is 6.95. The van der Waals surface area contributed by atoms with Crippen molar-refractivity contribution in [3.05, 3.63) is 73.9 Å². The van der Waals surface area contributed by atoms with Gasteiger partial charge in [-0.3, -0.25) is 0 Å². The number of thiophene rings is 1. The van der Waals surface area contributed by atoms with Gasteiger partial charge in [0.25, 0.3) is 5.88 Å². The van der Waals surface area contributed by atoms with E-state index in [2.05, 4.69) is 9.72 Å². The van der Waals surface area contributed by atoms with Crippen molar-refractivity contribution in [2.24, 2.45) is 0 Å². The lowest BCUT2D eigenvalue weighted by Gasteiger charge is -2.12. The lowest BCUT2D eigenvalue weighted by molar-refractivity contribution is -0.670. The molecule has 0 saturated heterocycles. The highest BCUT2D eigenvalue weighted by molar-refractivity contribution is 7.17. The van der Waals surface area contributed by atoms with Crippen LogP contribution in [0.2, 0.25) is 4.47 Å². The molecule has 6 nitrogen and oxygen atoms in total. The topological polar surface area (TPSA) is 67.7 Å². The lowest BCUT2D eigenvalue weighted by Crippen LogP contribution is -2.41. The number of ether oxygens (including phenoxy) is 1. The van der Waals surface area contributed by atoms with Gasteiger partial charge in [0.15, 0.2) is 10.0 Å². The first-order valence-corrected chi connectivity index (χ1v) is 11.4. The Morgan fingerprint density at radius 3 is 2.79 bits per heavy atom. The molecule has 0 spiro atoms. The maximum absolute atomic E-state index is 13.4. The predicted octanol–water partition coefficient (Wildman–Crippen LogP) is 5.23. The van der Waals surface area contributed by atoms with E-state index >= 15 is 0 Å². The molecule has 0 aliphatic heterocycles. The summed E-state index contributed by atoms with van der Waals surface area (Å²) in [5.74, 6) is -0.898. The summed E-state index contributed by atoms with van der Waals surface area (Å²) in [7, 11) is 0. The monoisotopic (exact) mass is 510 g/mol. The van der Waals surface area contributed by atoms with Crippen LogP contribution in [0, 0.1) is 0 Å². The van der Waals surface area contributed by atoms with Gasteiger partial charge < -0.3 is 9.84 Å². The quantitative estimate of drug-likeness (QED) is 0.336. The van der Waals surface area contributed by atoms with Crippen LogP contribution in [0.3, 0.4) is 0 Å². The number of alkyl halides is 3. The van der Waals surface area contributed by atoms with Crippen LogP contribution in [0.5, 0.6) is 11.6 Å². The van der Waals surface area contributed by atoms with Crippen LogP contribution in [0.1, 0.15) is 4.88 Å². The molecule has 5 rings (SSSR count). The Morgan fingerprint density at radius 2 is 2.06 bits per heavy atom. The molecular weight excluding hydrogens is 499 g/mol. The van der Waals surface area contributed by atoms with Gasteiger partial charge in [-0.1, -0.05) is 23.7 Å². The van der Waals surface area contributed by atoms with Gasteiger partial charge in [-0.25, -0.2) is 9.78 Å². The van der Waals surface area contributed by atoms with Crippen molar-refractivity contribution in [2.45, 2.75) is 12.9 Å². The molecule has 0 atom stereocenters. The summed E-state index contributed by atoms with van der Waals surface area (Å²) in [5, 5.41) is 13.9. The van der Waals surface area contributed by atoms with Crippen LogP contribution < -0.4 is 14.9 Å². The standard InChI is InChI=1S/C21H11ClF3N3O3S2/c22-20-26-9-13(33-20)10-28-17-14-5-7-32-15(14)4-6-27(17)18(29)16(19(28)30)11-2-1-3-12(8-11)31-21(23,24)25/h1-9H,10H2/p+1. The van der Waals surface area contributed by atoms with Gasteiger partial charge in [-0.2, -0.15) is 8.97 Å². The molecule has 0 fully saturated rings. The molecule has 0 unspecified atom stereocenters. The highest BCUT2D eigenvalue weighted by Gasteiger charge is 2.32. The Balaban J connectivity index is 1.80. The van der Waals surface area contributed by atoms with Gasteiger partial charge in [0.1, 0.15) is 18.5 Å². The van der Waals surface area contributed by atoms with E-state index in [1.165, 1.54) is 43.8 Å². The smallest absolute Gasteiger partial charge is 0.477 e. The number of aromatic nitrogens is 3. The SMILES string of the molecule is O=c1c(-c2cccc(OC(F)(F)F)c2)c(O)[n+](Cc2cnc(Cl)s2)c2c3ccsc3ccn12. The van der Waals surface area contributed by atoms with E-state index in [1.54, 1.807) is 18.5 Å². The Labute approximate surface area is 196 Å². The molecule has 0 bridgehead atoms. The van der Waals surface area contributed by atoms with Crippen molar-refractivity contribution < 1.29 is 27.6 Å². The van der Waals surface area contributed by atoms with Crippen molar-refractivity contribution in [2.75, 3.05) is 0 Å². The molecule has 0 radical (unpaired) electrons. The van der Waals surface area contributed by atoms with Gasteiger partial charge in [-0.05, 0) is 29.6 Å². The maximum Gasteiger partial charge on any atom is 0.573 e. The first-order valence-electron chi connectivity index (χ1n) is 9.35. The summed E-state index contributed by atoms with van der Waals surface area (Å²) in [6.45, 7) is 0.140. The van der Waals surface area contributed by atoms with Crippen molar-refractivity contribution in [3.8, 4) is 22.8 Å². The van der Waals surface area contributed by atoms with Gasteiger partial charge in [0, 0.05) is 16.5 Å². The number of nitrogens with zero attached hydrogens (tertiary/aromatic N) is 3. The second kappa shape index (κ2) is 8.01. The van der Waals surface area contributed by atoms with Crippen molar-refractivity contribution >= 4 is 50.0 Å². The Hall–Kier alpha value is -3.15. The van der Waals surface area contributed by atoms with Crippen LogP contribution in [0.4, 0.5) is 13.2 Å². The van der Waals surface area contributed by atoms with Gasteiger partial charge in [0.2, 0.25) is 0 Å². The zero-order valence-corrected chi connectivity index (χ0v) is 18.7. The molecular formula is C21H12ClF3N3O3S2+. The number of rotatable bonds is 4. The summed E-state index contributed by atoms with van der Waals surface area (Å²) < 4.78 is 46.2. The summed E-state index contributed by atoms with van der Waals surface area (Å²) in [6.07, 6.45) is -1.76. The minimum absolute atomic E-state index is 0.0788. The largest absolute Gasteiger partial charge is 0.573 e. The van der Waals surface area contributed by atoms with Crippen molar-refractivity contribution in [3.63, 3.8) is 0 Å². The number of fused-ring (bicyclic) bond motifs is 3. The van der Waals surface area contributed by atoms with Crippen LogP contribution in [-0.4, -0.2) is 20.9 Å². The molecule has 12 heteroatoms. The molecule has 4 aromatic heterocycles. The zero-order chi connectivity index (χ0) is 23.3. The third kappa shape index (κ3) is 4.03. The van der Waals surface area contributed by atoms with Crippen LogP contribution in [0.15, 0.2) is 59.0 Å². The fourth-order valence-corrected chi connectivity index (χ4v) is 5.38. The highest BCUT2D eigenvalue weighted by atomic mass is 35.5. The number of aromatic hydroxyl groups is 1. The summed E-state index contributed by atoms with van der Waals surface area (Å²) >= 11 is 8.65. The summed E-state index contributed by atoms with van der Waals surface area (Å²) in [6, 6.07) is 8.54. The maximum atomic E-state index is 13.4. The third-order valence-corrected chi connectivity index (χ3v) is 6.88. The van der Waals surface area contributed by atoms with Crippen LogP contribution >= 0.6 is 34.3 Å². The molecule has 33 heavy (non-hydrogen) atoms. The third-order valence-electron chi connectivity index (χ3n) is 4.90. The molecule has 1 aromatic carbocycles. The van der Waals surface area contributed by atoms with Crippen molar-refractivity contribution in [1.29, 1.82) is 0 Å². The van der Waals surface area contributed by atoms with Gasteiger partial charge in [0.05, 0.1) is 10.3 Å². The summed E-state index contributed by atoms with van der Waals surface area (Å²) in [4.78, 5) is 18.2. The lowest BCUT2D eigenvalue weighted by atomic mass is 10.1. The van der Waals surface area contributed by atoms with E-state index < -0.39 is 23.6 Å². The number of thiazole rings is 1. The van der Waals surface area contributed by atoms with E-state index in [-0.39, 0.29) is 17.7 Å². The molecule has 0 amide bonds. The van der Waals surface area contributed by atoms with Gasteiger partial charge >= 0.3 is 17.6 Å². The van der Waals surface area contributed by atoms with Gasteiger partial charge in [-0.15, -0.1) is 35.8 Å². The fraction of sp³-hybridized carbons (Fsp3) is 0.0952. The minimum atomic E-state index is -4.89. The Morgan fingerprint density at radius 1 is 1.24 bits per heavy atom. The minimum Gasteiger partial charge on any atom is -0.477 e. The molecule has 0 saturated carbocycles. The number of halogens is 4. The normalized spacial score (nSPS) is 12.0. The Kier molecular flexibility index (Phi) is 5.26. The fourth-order valence-electron chi connectivity index (χ4n) is 3.63. The highest BCUT2D eigenvalue weighted by Crippen LogP contribution is 2.31. The van der Waals surface area contributed by atoms with Crippen LogP contribution in [-0.2, 0) is 6.54 Å².